The standard InChI is InChI=1S/C15H20O5/c1-4-20-14(19)15(13(17)18,9-11(3)16)12-8-6-5-7-10(12)2/h5-8,11,16H,4,9H2,1-3H3,(H,17,18). The number of carbonyl (C=O) groups is 2. The molecule has 0 heterocycles. The molecular formula is C15H20O5. The topological polar surface area (TPSA) is 83.8 Å². The van der Waals surface area contributed by atoms with E-state index in [9.17, 15) is 19.8 Å². The molecule has 0 aromatic heterocycles. The van der Waals surface area contributed by atoms with E-state index >= 15 is 0 Å². The van der Waals surface area contributed by atoms with Crippen LogP contribution in [0.1, 0.15) is 31.4 Å². The zero-order valence-corrected chi connectivity index (χ0v) is 11.9. The maximum absolute atomic E-state index is 12.3. The second-order valence-electron chi connectivity index (χ2n) is 4.80. The predicted molar refractivity (Wildman–Crippen MR) is 73.4 cm³/mol. The fourth-order valence-electron chi connectivity index (χ4n) is 2.34. The zero-order valence-electron chi connectivity index (χ0n) is 11.9. The van der Waals surface area contributed by atoms with Crippen molar-refractivity contribution >= 4 is 11.9 Å². The molecule has 0 aliphatic heterocycles. The minimum Gasteiger partial charge on any atom is -0.480 e. The molecule has 0 aliphatic rings. The van der Waals surface area contributed by atoms with Crippen molar-refractivity contribution < 1.29 is 24.5 Å². The van der Waals surface area contributed by atoms with Gasteiger partial charge in [-0.2, -0.15) is 0 Å². The molecule has 0 spiro atoms. The molecule has 2 atom stereocenters. The van der Waals surface area contributed by atoms with Gasteiger partial charge in [0.25, 0.3) is 0 Å². The quantitative estimate of drug-likeness (QED) is 0.611. The molecule has 110 valence electrons. The normalized spacial score (nSPS) is 15.2. The molecule has 1 rings (SSSR count). The third kappa shape index (κ3) is 2.99. The summed E-state index contributed by atoms with van der Waals surface area (Å²) < 4.78 is 4.95. The first-order valence-electron chi connectivity index (χ1n) is 6.51. The van der Waals surface area contributed by atoms with Gasteiger partial charge in [-0.05, 0) is 31.9 Å². The molecule has 0 amide bonds. The number of ether oxygens (including phenoxy) is 1. The minimum absolute atomic E-state index is 0.0829. The summed E-state index contributed by atoms with van der Waals surface area (Å²) in [6.45, 7) is 4.88. The lowest BCUT2D eigenvalue weighted by molar-refractivity contribution is -0.163. The van der Waals surface area contributed by atoms with Crippen molar-refractivity contribution in [2.24, 2.45) is 0 Å². The number of aryl methyl sites for hydroxylation is 1. The van der Waals surface area contributed by atoms with Gasteiger partial charge in [0.2, 0.25) is 0 Å². The fraction of sp³-hybridized carbons (Fsp3) is 0.467. The van der Waals surface area contributed by atoms with Crippen molar-refractivity contribution in [3.63, 3.8) is 0 Å². The number of esters is 1. The van der Waals surface area contributed by atoms with Gasteiger partial charge in [-0.1, -0.05) is 24.3 Å². The van der Waals surface area contributed by atoms with Gasteiger partial charge in [-0.15, -0.1) is 0 Å². The second kappa shape index (κ2) is 6.52. The van der Waals surface area contributed by atoms with E-state index in [2.05, 4.69) is 0 Å². The lowest BCUT2D eigenvalue weighted by Gasteiger charge is -2.30. The molecule has 0 radical (unpaired) electrons. The van der Waals surface area contributed by atoms with Crippen molar-refractivity contribution in [3.8, 4) is 0 Å². The minimum atomic E-state index is -1.88. The van der Waals surface area contributed by atoms with Crippen LogP contribution in [0.15, 0.2) is 24.3 Å². The summed E-state index contributed by atoms with van der Waals surface area (Å²) in [5, 5.41) is 19.3. The first kappa shape index (κ1) is 16.2. The maximum atomic E-state index is 12.3. The van der Waals surface area contributed by atoms with E-state index in [0.717, 1.165) is 0 Å². The highest BCUT2D eigenvalue weighted by atomic mass is 16.5. The first-order chi connectivity index (χ1) is 9.36. The highest BCUT2D eigenvalue weighted by molar-refractivity contribution is 6.06. The molecule has 1 aromatic carbocycles. The van der Waals surface area contributed by atoms with Gasteiger partial charge in [0, 0.05) is 6.42 Å². The highest BCUT2D eigenvalue weighted by Gasteiger charge is 2.50. The lowest BCUT2D eigenvalue weighted by atomic mass is 9.74. The molecule has 0 saturated carbocycles. The number of aliphatic carboxylic acids is 1. The Morgan fingerprint density at radius 1 is 1.35 bits per heavy atom. The van der Waals surface area contributed by atoms with Crippen LogP contribution in [0.5, 0.6) is 0 Å². The Kier molecular flexibility index (Phi) is 5.27. The number of hydrogen-bond acceptors (Lipinski definition) is 4. The Morgan fingerprint density at radius 3 is 2.40 bits per heavy atom. The van der Waals surface area contributed by atoms with E-state index < -0.39 is 23.5 Å². The number of carbonyl (C=O) groups excluding carboxylic acids is 1. The van der Waals surface area contributed by atoms with Crippen molar-refractivity contribution in [1.29, 1.82) is 0 Å². The summed E-state index contributed by atoms with van der Waals surface area (Å²) in [5.74, 6) is -2.16. The maximum Gasteiger partial charge on any atom is 0.328 e. The molecule has 5 heteroatoms. The molecule has 0 bridgehead atoms. The lowest BCUT2D eigenvalue weighted by Crippen LogP contribution is -2.47. The Labute approximate surface area is 118 Å². The number of rotatable bonds is 6. The molecule has 0 aliphatic carbocycles. The van der Waals surface area contributed by atoms with Crippen molar-refractivity contribution in [2.45, 2.75) is 38.7 Å². The van der Waals surface area contributed by atoms with Crippen LogP contribution in [0.4, 0.5) is 0 Å². The summed E-state index contributed by atoms with van der Waals surface area (Å²) in [6.07, 6.45) is -1.18. The van der Waals surface area contributed by atoms with Crippen LogP contribution in [0.3, 0.4) is 0 Å². The van der Waals surface area contributed by atoms with Crippen molar-refractivity contribution in [1.82, 2.24) is 0 Å². The summed E-state index contributed by atoms with van der Waals surface area (Å²) >= 11 is 0. The number of aliphatic hydroxyl groups is 1. The van der Waals surface area contributed by atoms with Gasteiger partial charge in [0.1, 0.15) is 0 Å². The van der Waals surface area contributed by atoms with Crippen LogP contribution >= 0.6 is 0 Å². The van der Waals surface area contributed by atoms with E-state index in [1.807, 2.05) is 0 Å². The molecule has 20 heavy (non-hydrogen) atoms. The smallest absolute Gasteiger partial charge is 0.328 e. The van der Waals surface area contributed by atoms with Gasteiger partial charge in [-0.25, -0.2) is 0 Å². The van der Waals surface area contributed by atoms with Crippen LogP contribution in [-0.2, 0) is 19.7 Å². The van der Waals surface area contributed by atoms with Crippen LogP contribution < -0.4 is 0 Å². The van der Waals surface area contributed by atoms with Gasteiger partial charge in [-0.3, -0.25) is 9.59 Å². The van der Waals surface area contributed by atoms with Gasteiger partial charge in [0.05, 0.1) is 12.7 Å². The zero-order chi connectivity index (χ0) is 15.3. The molecule has 2 N–H and O–H groups in total. The summed E-state index contributed by atoms with van der Waals surface area (Å²) in [7, 11) is 0. The van der Waals surface area contributed by atoms with Crippen molar-refractivity contribution in [2.75, 3.05) is 6.61 Å². The molecule has 0 fully saturated rings. The van der Waals surface area contributed by atoms with E-state index in [1.54, 1.807) is 38.1 Å². The number of carboxylic acid groups (broad SMARTS) is 1. The van der Waals surface area contributed by atoms with Gasteiger partial charge < -0.3 is 14.9 Å². The summed E-state index contributed by atoms with van der Waals surface area (Å²) in [4.78, 5) is 24.1. The van der Waals surface area contributed by atoms with E-state index in [4.69, 9.17) is 4.74 Å². The average molecular weight is 280 g/mol. The summed E-state index contributed by atoms with van der Waals surface area (Å²) in [6, 6.07) is 6.75. The molecular weight excluding hydrogens is 260 g/mol. The first-order valence-corrected chi connectivity index (χ1v) is 6.51. The van der Waals surface area contributed by atoms with Crippen LogP contribution in [0, 0.1) is 6.92 Å². The Hall–Kier alpha value is -1.88. The number of carboxylic acids is 1. The van der Waals surface area contributed by atoms with Crippen LogP contribution in [0.25, 0.3) is 0 Å². The average Bonchev–Trinajstić information content (AvgIpc) is 2.36. The Morgan fingerprint density at radius 2 is 1.95 bits per heavy atom. The fourth-order valence-corrected chi connectivity index (χ4v) is 2.34. The number of benzene rings is 1. The Bertz CT molecular complexity index is 495. The predicted octanol–water partition coefficient (Wildman–Crippen LogP) is 1.65. The molecule has 2 unspecified atom stereocenters. The Balaban J connectivity index is 3.49. The molecule has 1 aromatic rings. The van der Waals surface area contributed by atoms with Gasteiger partial charge >= 0.3 is 11.9 Å². The highest BCUT2D eigenvalue weighted by Crippen LogP contribution is 2.34. The molecule has 0 saturated heterocycles. The van der Waals surface area contributed by atoms with Crippen molar-refractivity contribution in [3.05, 3.63) is 35.4 Å². The van der Waals surface area contributed by atoms with E-state index in [-0.39, 0.29) is 13.0 Å². The molecule has 5 nitrogen and oxygen atoms in total. The largest absolute Gasteiger partial charge is 0.480 e. The summed E-state index contributed by atoms with van der Waals surface area (Å²) in [5.41, 5.74) is -0.856. The monoisotopic (exact) mass is 280 g/mol. The third-order valence-corrected chi connectivity index (χ3v) is 3.20. The SMILES string of the molecule is CCOC(=O)C(CC(C)O)(C(=O)O)c1ccccc1C. The van der Waals surface area contributed by atoms with Crippen LogP contribution in [-0.4, -0.2) is 34.9 Å². The van der Waals surface area contributed by atoms with Crippen LogP contribution in [0.2, 0.25) is 0 Å². The second-order valence-corrected chi connectivity index (χ2v) is 4.80. The van der Waals surface area contributed by atoms with Gasteiger partial charge in [0.15, 0.2) is 5.41 Å². The van der Waals surface area contributed by atoms with E-state index in [1.165, 1.54) is 6.92 Å². The number of aliphatic hydroxyl groups excluding tert-OH is 1. The third-order valence-electron chi connectivity index (χ3n) is 3.20. The van der Waals surface area contributed by atoms with E-state index in [0.29, 0.717) is 11.1 Å². The number of hydrogen-bond donors (Lipinski definition) is 2.